The quantitative estimate of drug-likeness (QED) is 0.368. The third kappa shape index (κ3) is 3.44. The number of Topliss-reactive ketones (excluding diaryl/α,β-unsaturated/α-hetero) is 1. The second-order valence-corrected chi connectivity index (χ2v) is 8.05. The van der Waals surface area contributed by atoms with Gasteiger partial charge >= 0.3 is 0 Å². The maximum atomic E-state index is 13.5. The van der Waals surface area contributed by atoms with Gasteiger partial charge in [-0.1, -0.05) is 0 Å². The number of carbonyl (C=O) groups is 2. The van der Waals surface area contributed by atoms with Crippen LogP contribution in [0, 0.1) is 12.7 Å². The van der Waals surface area contributed by atoms with Gasteiger partial charge in [-0.25, -0.2) is 4.39 Å². The van der Waals surface area contributed by atoms with Gasteiger partial charge in [0.15, 0.2) is 0 Å². The minimum Gasteiger partial charge on any atom is -0.507 e. The zero-order valence-corrected chi connectivity index (χ0v) is 18.0. The Kier molecular flexibility index (Phi) is 4.92. The van der Waals surface area contributed by atoms with Crippen LogP contribution in [0.2, 0.25) is 0 Å². The standard InChI is InChI=1S/C25H21FN2O5/c1-14-3-9-20(33-14)22-21(24(30)25(31)28(22)17-7-5-16(26)6-8-17)23(29)15-4-10-19-18(13-15)27(2)11-12-32-19/h3-10,13,22,29H,11-12H2,1-2H3/b23-21-. The zero-order chi connectivity index (χ0) is 23.3. The molecule has 1 N–H and O–H groups in total. The normalized spacial score (nSPS) is 19.5. The Morgan fingerprint density at radius 3 is 2.55 bits per heavy atom. The van der Waals surface area contributed by atoms with Crippen LogP contribution in [-0.2, 0) is 9.59 Å². The van der Waals surface area contributed by atoms with Gasteiger partial charge in [0.25, 0.3) is 11.7 Å². The van der Waals surface area contributed by atoms with E-state index in [0.717, 1.165) is 5.69 Å². The summed E-state index contributed by atoms with van der Waals surface area (Å²) < 4.78 is 24.9. The van der Waals surface area contributed by atoms with Gasteiger partial charge < -0.3 is 19.2 Å². The van der Waals surface area contributed by atoms with E-state index in [4.69, 9.17) is 9.15 Å². The van der Waals surface area contributed by atoms with Crippen LogP contribution < -0.4 is 14.5 Å². The van der Waals surface area contributed by atoms with Gasteiger partial charge in [0.2, 0.25) is 0 Å². The smallest absolute Gasteiger partial charge is 0.300 e. The van der Waals surface area contributed by atoms with Crippen molar-refractivity contribution in [3.05, 3.63) is 83.1 Å². The van der Waals surface area contributed by atoms with E-state index in [0.29, 0.717) is 41.7 Å². The molecule has 1 unspecified atom stereocenters. The van der Waals surface area contributed by atoms with Crippen LogP contribution in [-0.4, -0.2) is 37.0 Å². The number of ketones is 1. The molecule has 3 heterocycles. The molecule has 1 aromatic heterocycles. The van der Waals surface area contributed by atoms with Gasteiger partial charge in [-0.3, -0.25) is 14.5 Å². The van der Waals surface area contributed by atoms with Crippen LogP contribution >= 0.6 is 0 Å². The van der Waals surface area contributed by atoms with Crippen LogP contribution in [0.25, 0.3) is 5.76 Å². The van der Waals surface area contributed by atoms with Crippen LogP contribution in [0.5, 0.6) is 5.75 Å². The number of fused-ring (bicyclic) bond motifs is 1. The number of aryl methyl sites for hydroxylation is 1. The summed E-state index contributed by atoms with van der Waals surface area (Å²) in [5.41, 5.74) is 1.35. The highest BCUT2D eigenvalue weighted by atomic mass is 19.1. The predicted octanol–water partition coefficient (Wildman–Crippen LogP) is 4.18. The van der Waals surface area contributed by atoms with E-state index in [-0.39, 0.29) is 11.3 Å². The third-order valence-electron chi connectivity index (χ3n) is 5.91. The summed E-state index contributed by atoms with van der Waals surface area (Å²) in [7, 11) is 1.91. The van der Waals surface area contributed by atoms with Crippen molar-refractivity contribution >= 4 is 28.8 Å². The number of furan rings is 1. The molecule has 168 valence electrons. The molecule has 2 aromatic carbocycles. The van der Waals surface area contributed by atoms with Gasteiger partial charge in [-0.2, -0.15) is 0 Å². The molecule has 0 radical (unpaired) electrons. The second-order valence-electron chi connectivity index (χ2n) is 8.05. The van der Waals surface area contributed by atoms with Crippen LogP contribution in [0.1, 0.15) is 23.1 Å². The molecule has 1 fully saturated rings. The maximum absolute atomic E-state index is 13.5. The van der Waals surface area contributed by atoms with Crippen LogP contribution in [0.15, 0.2) is 64.6 Å². The molecule has 0 bridgehead atoms. The van der Waals surface area contributed by atoms with Crippen molar-refractivity contribution in [2.45, 2.75) is 13.0 Å². The summed E-state index contributed by atoms with van der Waals surface area (Å²) in [6.45, 7) is 2.97. The molecular weight excluding hydrogens is 427 g/mol. The first-order valence-corrected chi connectivity index (χ1v) is 10.5. The minimum atomic E-state index is -1.01. The first-order valence-electron chi connectivity index (χ1n) is 10.5. The first kappa shape index (κ1) is 20.8. The van der Waals surface area contributed by atoms with Crippen molar-refractivity contribution in [3.63, 3.8) is 0 Å². The van der Waals surface area contributed by atoms with Crippen molar-refractivity contribution in [1.29, 1.82) is 0 Å². The van der Waals surface area contributed by atoms with Crippen molar-refractivity contribution in [1.82, 2.24) is 0 Å². The zero-order valence-electron chi connectivity index (χ0n) is 18.0. The lowest BCUT2D eigenvalue weighted by molar-refractivity contribution is -0.132. The summed E-state index contributed by atoms with van der Waals surface area (Å²) in [5.74, 6) is -0.901. The summed E-state index contributed by atoms with van der Waals surface area (Å²) in [6.07, 6.45) is 0. The lowest BCUT2D eigenvalue weighted by Gasteiger charge is -2.28. The van der Waals surface area contributed by atoms with Gasteiger partial charge in [0.05, 0.1) is 17.8 Å². The summed E-state index contributed by atoms with van der Waals surface area (Å²) in [6, 6.07) is 12.7. The fourth-order valence-corrected chi connectivity index (χ4v) is 4.22. The average molecular weight is 448 g/mol. The maximum Gasteiger partial charge on any atom is 0.300 e. The number of likely N-dealkylation sites (N-methyl/N-ethyl adjacent to an activating group) is 1. The molecule has 1 atom stereocenters. The predicted molar refractivity (Wildman–Crippen MR) is 120 cm³/mol. The Morgan fingerprint density at radius 2 is 1.85 bits per heavy atom. The Bertz CT molecular complexity index is 1290. The van der Waals surface area contributed by atoms with Gasteiger partial charge in [0.1, 0.15) is 41.5 Å². The summed E-state index contributed by atoms with van der Waals surface area (Å²) in [5, 5.41) is 11.3. The molecule has 2 aliphatic heterocycles. The lowest BCUT2D eigenvalue weighted by Crippen LogP contribution is -2.29. The highest BCUT2D eigenvalue weighted by Gasteiger charge is 2.48. The molecule has 7 nitrogen and oxygen atoms in total. The van der Waals surface area contributed by atoms with Gasteiger partial charge in [-0.15, -0.1) is 0 Å². The Labute approximate surface area is 189 Å². The molecule has 2 aliphatic rings. The minimum absolute atomic E-state index is 0.0991. The Morgan fingerprint density at radius 1 is 1.09 bits per heavy atom. The topological polar surface area (TPSA) is 83.2 Å². The van der Waals surface area contributed by atoms with E-state index in [1.54, 1.807) is 37.3 Å². The van der Waals surface area contributed by atoms with Crippen molar-refractivity contribution in [2.75, 3.05) is 30.0 Å². The highest BCUT2D eigenvalue weighted by Crippen LogP contribution is 2.43. The molecular formula is C25H21FN2O5. The number of hydrogen-bond donors (Lipinski definition) is 1. The largest absolute Gasteiger partial charge is 0.507 e. The van der Waals surface area contributed by atoms with E-state index in [2.05, 4.69) is 0 Å². The lowest BCUT2D eigenvalue weighted by atomic mass is 9.98. The Balaban J connectivity index is 1.68. The number of carbonyl (C=O) groups excluding carboxylic acids is 2. The summed E-state index contributed by atoms with van der Waals surface area (Å²) >= 11 is 0. The molecule has 3 aromatic rings. The van der Waals surface area contributed by atoms with E-state index in [1.807, 2.05) is 11.9 Å². The number of aliphatic hydroxyl groups excluding tert-OH is 1. The molecule has 0 spiro atoms. The molecule has 0 saturated carbocycles. The van der Waals surface area contributed by atoms with E-state index >= 15 is 0 Å². The number of nitrogens with zero attached hydrogens (tertiary/aromatic N) is 2. The SMILES string of the molecule is Cc1ccc(C2/C(=C(/O)c3ccc4c(c3)N(C)CCO4)C(=O)C(=O)N2c2ccc(F)cc2)o1. The van der Waals surface area contributed by atoms with Gasteiger partial charge in [-0.05, 0) is 61.5 Å². The van der Waals surface area contributed by atoms with E-state index in [1.165, 1.54) is 29.2 Å². The second kappa shape index (κ2) is 7.81. The van der Waals surface area contributed by atoms with Crippen molar-refractivity contribution in [3.8, 4) is 5.75 Å². The average Bonchev–Trinajstić information content (AvgIpc) is 3.35. The van der Waals surface area contributed by atoms with Gasteiger partial charge in [0, 0.05) is 18.3 Å². The van der Waals surface area contributed by atoms with Crippen molar-refractivity contribution < 1.29 is 28.2 Å². The fraction of sp³-hybridized carbons (Fsp3) is 0.200. The summed E-state index contributed by atoms with van der Waals surface area (Å²) in [4.78, 5) is 29.4. The number of benzene rings is 2. The van der Waals surface area contributed by atoms with Crippen LogP contribution in [0.4, 0.5) is 15.8 Å². The number of hydrogen-bond acceptors (Lipinski definition) is 6. The van der Waals surface area contributed by atoms with E-state index in [9.17, 15) is 19.1 Å². The molecule has 0 aliphatic carbocycles. The third-order valence-corrected chi connectivity index (χ3v) is 5.91. The van der Waals surface area contributed by atoms with Crippen molar-refractivity contribution in [2.24, 2.45) is 0 Å². The first-order chi connectivity index (χ1) is 15.8. The van der Waals surface area contributed by atoms with E-state index < -0.39 is 23.5 Å². The molecule has 33 heavy (non-hydrogen) atoms. The molecule has 1 amide bonds. The number of ether oxygens (including phenoxy) is 1. The molecule has 8 heteroatoms. The number of anilines is 2. The Hall–Kier alpha value is -4.07. The molecule has 5 rings (SSSR count). The highest BCUT2D eigenvalue weighted by molar-refractivity contribution is 6.51. The number of amides is 1. The van der Waals surface area contributed by atoms with Crippen LogP contribution in [0.3, 0.4) is 0 Å². The number of rotatable bonds is 3. The monoisotopic (exact) mass is 448 g/mol. The number of aliphatic hydroxyl groups is 1. The fourth-order valence-electron chi connectivity index (χ4n) is 4.22. The molecule has 1 saturated heterocycles. The number of halogens is 1.